The van der Waals surface area contributed by atoms with Crippen molar-refractivity contribution in [2.45, 2.75) is 37.5 Å². The topological polar surface area (TPSA) is 83.5 Å². The Morgan fingerprint density at radius 2 is 2.00 bits per heavy atom. The maximum absolute atomic E-state index is 12.4. The second-order valence-corrected chi connectivity index (χ2v) is 7.62. The predicted molar refractivity (Wildman–Crippen MR) is 79.9 cm³/mol. The molecular formula is C14H18ClNO4S. The van der Waals surface area contributed by atoms with Crippen LogP contribution >= 0.6 is 11.6 Å². The Hall–Kier alpha value is -1.11. The van der Waals surface area contributed by atoms with E-state index in [0.717, 1.165) is 12.8 Å². The summed E-state index contributed by atoms with van der Waals surface area (Å²) in [4.78, 5) is 11.5. The Kier molecular flexibility index (Phi) is 4.60. The largest absolute Gasteiger partial charge is 0.481 e. The molecule has 0 saturated heterocycles. The van der Waals surface area contributed by atoms with Crippen LogP contribution in [0.25, 0.3) is 0 Å². The number of carboxylic acid groups (broad SMARTS) is 1. The summed E-state index contributed by atoms with van der Waals surface area (Å²) in [6, 6.07) is 4.64. The Bertz CT molecular complexity index is 651. The number of nitrogens with one attached hydrogen (secondary N) is 1. The molecule has 0 heterocycles. The number of benzene rings is 1. The monoisotopic (exact) mass is 331 g/mol. The van der Waals surface area contributed by atoms with E-state index in [-0.39, 0.29) is 11.4 Å². The maximum Gasteiger partial charge on any atom is 0.310 e. The molecule has 0 spiro atoms. The minimum atomic E-state index is -3.77. The van der Waals surface area contributed by atoms with Crippen molar-refractivity contribution in [3.05, 3.63) is 28.8 Å². The standard InChI is InChI=1S/C14H18ClNO4S/c1-10-11(15)5-4-6-12(10)21(19,20)16-9-14(13(17)18)7-2-3-8-14/h4-6,16H,2-3,7-9H2,1H3,(H,17,18). The molecule has 0 unspecified atom stereocenters. The predicted octanol–water partition coefficient (Wildman–Crippen LogP) is 2.57. The smallest absolute Gasteiger partial charge is 0.310 e. The molecule has 7 heteroatoms. The number of rotatable bonds is 5. The van der Waals surface area contributed by atoms with Crippen molar-refractivity contribution in [1.29, 1.82) is 0 Å². The zero-order valence-corrected chi connectivity index (χ0v) is 13.3. The normalized spacial score (nSPS) is 17.8. The van der Waals surface area contributed by atoms with Gasteiger partial charge in [0, 0.05) is 11.6 Å². The summed E-state index contributed by atoms with van der Waals surface area (Å²) < 4.78 is 27.2. The molecule has 0 radical (unpaired) electrons. The number of aliphatic carboxylic acids is 1. The van der Waals surface area contributed by atoms with Crippen LogP contribution in [0.2, 0.25) is 5.02 Å². The minimum absolute atomic E-state index is 0.0867. The lowest BCUT2D eigenvalue weighted by Crippen LogP contribution is -2.41. The average molecular weight is 332 g/mol. The Labute approximate surface area is 129 Å². The number of carboxylic acids is 1. The Morgan fingerprint density at radius 3 is 2.57 bits per heavy atom. The molecule has 0 atom stereocenters. The second kappa shape index (κ2) is 5.94. The van der Waals surface area contributed by atoms with Gasteiger partial charge in [0.15, 0.2) is 0 Å². The van der Waals surface area contributed by atoms with E-state index in [1.807, 2.05) is 0 Å². The Balaban J connectivity index is 2.22. The third-order valence-corrected chi connectivity index (χ3v) is 6.08. The van der Waals surface area contributed by atoms with Crippen LogP contribution in [0.4, 0.5) is 0 Å². The van der Waals surface area contributed by atoms with E-state index in [0.29, 0.717) is 23.4 Å². The van der Waals surface area contributed by atoms with Crippen LogP contribution in [-0.2, 0) is 14.8 Å². The number of carbonyl (C=O) groups is 1. The second-order valence-electron chi connectivity index (χ2n) is 5.48. The van der Waals surface area contributed by atoms with Crippen molar-refractivity contribution in [1.82, 2.24) is 4.72 Å². The molecular weight excluding hydrogens is 314 g/mol. The minimum Gasteiger partial charge on any atom is -0.481 e. The Morgan fingerprint density at radius 1 is 1.38 bits per heavy atom. The third kappa shape index (κ3) is 3.22. The average Bonchev–Trinajstić information content (AvgIpc) is 2.90. The van der Waals surface area contributed by atoms with Crippen molar-refractivity contribution in [2.75, 3.05) is 6.54 Å². The van der Waals surface area contributed by atoms with Gasteiger partial charge < -0.3 is 5.11 Å². The first-order valence-electron chi connectivity index (χ1n) is 6.77. The number of halogens is 1. The molecule has 0 bridgehead atoms. The first-order chi connectivity index (χ1) is 9.78. The van der Waals surface area contributed by atoms with Gasteiger partial charge in [-0.25, -0.2) is 13.1 Å². The summed E-state index contributed by atoms with van der Waals surface area (Å²) in [5, 5.41) is 9.74. The number of hydrogen-bond acceptors (Lipinski definition) is 3. The van der Waals surface area contributed by atoms with Gasteiger partial charge in [-0.2, -0.15) is 0 Å². The van der Waals surface area contributed by atoms with Gasteiger partial charge in [-0.3, -0.25) is 4.79 Å². The van der Waals surface area contributed by atoms with E-state index in [1.165, 1.54) is 6.07 Å². The lowest BCUT2D eigenvalue weighted by Gasteiger charge is -2.24. The van der Waals surface area contributed by atoms with E-state index in [9.17, 15) is 18.3 Å². The fourth-order valence-corrected chi connectivity index (χ4v) is 4.33. The lowest BCUT2D eigenvalue weighted by molar-refractivity contribution is -0.148. The van der Waals surface area contributed by atoms with E-state index in [1.54, 1.807) is 19.1 Å². The van der Waals surface area contributed by atoms with Crippen LogP contribution in [0.3, 0.4) is 0 Å². The van der Waals surface area contributed by atoms with Gasteiger partial charge in [-0.05, 0) is 37.5 Å². The van der Waals surface area contributed by atoms with E-state index >= 15 is 0 Å². The van der Waals surface area contributed by atoms with Crippen LogP contribution < -0.4 is 4.72 Å². The number of hydrogen-bond donors (Lipinski definition) is 2. The summed E-state index contributed by atoms with van der Waals surface area (Å²) in [6.07, 6.45) is 2.62. The van der Waals surface area contributed by atoms with Crippen molar-refractivity contribution in [3.8, 4) is 0 Å². The van der Waals surface area contributed by atoms with Gasteiger partial charge >= 0.3 is 5.97 Å². The zero-order chi connectivity index (χ0) is 15.7. The van der Waals surface area contributed by atoms with Crippen LogP contribution in [0.1, 0.15) is 31.2 Å². The highest BCUT2D eigenvalue weighted by Gasteiger charge is 2.42. The van der Waals surface area contributed by atoms with Crippen molar-refractivity contribution >= 4 is 27.6 Å². The van der Waals surface area contributed by atoms with E-state index in [2.05, 4.69) is 4.72 Å². The highest BCUT2D eigenvalue weighted by molar-refractivity contribution is 7.89. The molecule has 1 aromatic carbocycles. The van der Waals surface area contributed by atoms with Gasteiger partial charge in [0.1, 0.15) is 0 Å². The molecule has 0 aliphatic heterocycles. The molecule has 1 aliphatic carbocycles. The molecule has 0 aromatic heterocycles. The highest BCUT2D eigenvalue weighted by Crippen LogP contribution is 2.38. The van der Waals surface area contributed by atoms with Crippen LogP contribution in [0.5, 0.6) is 0 Å². The zero-order valence-electron chi connectivity index (χ0n) is 11.7. The van der Waals surface area contributed by atoms with Crippen molar-refractivity contribution in [2.24, 2.45) is 5.41 Å². The number of sulfonamides is 1. The van der Waals surface area contributed by atoms with Crippen LogP contribution in [-0.4, -0.2) is 26.0 Å². The van der Waals surface area contributed by atoms with Crippen molar-refractivity contribution in [3.63, 3.8) is 0 Å². The van der Waals surface area contributed by atoms with E-state index in [4.69, 9.17) is 11.6 Å². The third-order valence-electron chi connectivity index (χ3n) is 4.12. The molecule has 21 heavy (non-hydrogen) atoms. The summed E-state index contributed by atoms with van der Waals surface area (Å²) >= 11 is 5.94. The molecule has 1 fully saturated rings. The molecule has 116 valence electrons. The van der Waals surface area contributed by atoms with Gasteiger partial charge in [-0.15, -0.1) is 0 Å². The summed E-state index contributed by atoms with van der Waals surface area (Å²) in [7, 11) is -3.77. The van der Waals surface area contributed by atoms with E-state index < -0.39 is 21.4 Å². The molecule has 1 aliphatic rings. The van der Waals surface area contributed by atoms with Gasteiger partial charge in [0.05, 0.1) is 10.3 Å². The SMILES string of the molecule is Cc1c(Cl)cccc1S(=O)(=O)NCC1(C(=O)O)CCCC1. The fourth-order valence-electron chi connectivity index (χ4n) is 2.71. The molecule has 1 saturated carbocycles. The van der Waals surface area contributed by atoms with Crippen molar-refractivity contribution < 1.29 is 18.3 Å². The fraction of sp³-hybridized carbons (Fsp3) is 0.500. The first kappa shape index (κ1) is 16.3. The lowest BCUT2D eigenvalue weighted by atomic mass is 9.87. The quantitative estimate of drug-likeness (QED) is 0.868. The summed E-state index contributed by atoms with van der Waals surface area (Å²) in [5.41, 5.74) is -0.526. The molecule has 5 nitrogen and oxygen atoms in total. The van der Waals surface area contributed by atoms with Gasteiger partial charge in [0.25, 0.3) is 0 Å². The van der Waals surface area contributed by atoms with Gasteiger partial charge in [-0.1, -0.05) is 30.5 Å². The van der Waals surface area contributed by atoms with Gasteiger partial charge in [0.2, 0.25) is 10.0 Å². The highest BCUT2D eigenvalue weighted by atomic mass is 35.5. The summed E-state index contributed by atoms with van der Waals surface area (Å²) in [6.45, 7) is 1.54. The molecule has 2 rings (SSSR count). The van der Waals surface area contributed by atoms with Crippen LogP contribution in [0.15, 0.2) is 23.1 Å². The maximum atomic E-state index is 12.4. The molecule has 0 amide bonds. The molecule has 2 N–H and O–H groups in total. The van der Waals surface area contributed by atoms with Crippen LogP contribution in [0, 0.1) is 12.3 Å². The molecule has 1 aromatic rings. The first-order valence-corrected chi connectivity index (χ1v) is 8.63. The summed E-state index contributed by atoms with van der Waals surface area (Å²) in [5.74, 6) is -0.939.